The number of nitrogens with zero attached hydrogens (tertiary/aromatic N) is 3. The topological polar surface area (TPSA) is 97.1 Å². The van der Waals surface area contributed by atoms with Gasteiger partial charge in [0.15, 0.2) is 0 Å². The lowest BCUT2D eigenvalue weighted by molar-refractivity contribution is -0.0429. The maximum absolute atomic E-state index is 12.9. The fourth-order valence-electron chi connectivity index (χ4n) is 3.28. The van der Waals surface area contributed by atoms with Crippen LogP contribution in [0.3, 0.4) is 0 Å². The van der Waals surface area contributed by atoms with Crippen LogP contribution in [0.15, 0.2) is 36.5 Å². The summed E-state index contributed by atoms with van der Waals surface area (Å²) in [5.74, 6) is 0.567. The van der Waals surface area contributed by atoms with Crippen molar-refractivity contribution in [3.05, 3.63) is 47.8 Å². The highest BCUT2D eigenvalue weighted by Gasteiger charge is 2.22. The van der Waals surface area contributed by atoms with E-state index in [0.29, 0.717) is 25.5 Å². The van der Waals surface area contributed by atoms with E-state index in [0.717, 1.165) is 24.2 Å². The van der Waals surface area contributed by atoms with Crippen LogP contribution in [-0.4, -0.2) is 75.9 Å². The summed E-state index contributed by atoms with van der Waals surface area (Å²) in [6.45, 7) is 1.50. The average molecular weight is 403 g/mol. The van der Waals surface area contributed by atoms with Gasteiger partial charge in [-0.15, -0.1) is 0 Å². The highest BCUT2D eigenvalue weighted by molar-refractivity contribution is 5.92. The maximum Gasteiger partial charge on any atom is 0.274 e. The van der Waals surface area contributed by atoms with Gasteiger partial charge in [0.2, 0.25) is 0 Å². The summed E-state index contributed by atoms with van der Waals surface area (Å²) in [6.07, 6.45) is 1.55. The zero-order chi connectivity index (χ0) is 20.6. The fourth-order valence-corrected chi connectivity index (χ4v) is 3.28. The van der Waals surface area contributed by atoms with E-state index in [-0.39, 0.29) is 25.5 Å². The number of hydrogen-bond acceptors (Lipinski definition) is 6. The van der Waals surface area contributed by atoms with Crippen LogP contribution in [-0.2, 0) is 18.2 Å². The molecule has 1 aromatic carbocycles. The van der Waals surface area contributed by atoms with Gasteiger partial charge in [-0.2, -0.15) is 5.10 Å². The van der Waals surface area contributed by atoms with Gasteiger partial charge in [0.05, 0.1) is 19.3 Å². The van der Waals surface area contributed by atoms with Crippen LogP contribution in [0.2, 0.25) is 0 Å². The molecule has 8 heteroatoms. The summed E-state index contributed by atoms with van der Waals surface area (Å²) in [7, 11) is 1.75. The Morgan fingerprint density at radius 1 is 1.14 bits per heavy atom. The number of carbonyl (C=O) groups is 1. The van der Waals surface area contributed by atoms with Crippen LogP contribution in [0.1, 0.15) is 28.9 Å². The number of aliphatic hydroxyl groups excluding tert-OH is 2. The fraction of sp³-hybridized carbons (Fsp3) is 0.524. The summed E-state index contributed by atoms with van der Waals surface area (Å²) < 4.78 is 13.0. The molecule has 0 saturated heterocycles. The molecule has 0 bridgehead atoms. The Labute approximate surface area is 170 Å². The number of fused-ring (bicyclic) bond motifs is 1. The molecule has 158 valence electrons. The van der Waals surface area contributed by atoms with E-state index < -0.39 is 12.2 Å². The first-order valence-corrected chi connectivity index (χ1v) is 9.98. The molecule has 2 N–H and O–H groups in total. The molecule has 1 aliphatic rings. The monoisotopic (exact) mass is 403 g/mol. The van der Waals surface area contributed by atoms with Crippen molar-refractivity contribution in [2.24, 2.45) is 7.05 Å². The van der Waals surface area contributed by atoms with E-state index in [4.69, 9.17) is 9.47 Å². The Hall–Kier alpha value is -2.42. The molecule has 2 atom stereocenters. The zero-order valence-electron chi connectivity index (χ0n) is 16.7. The standard InChI is InChI=1S/C21H29N3O5/c1-23-10-8-17(22-23)21(27)24-11-9-18(25)19(26)15-28-13-4-6-16-5-2-3-7-20(16)29-14-12-24/h2-3,5,7-8,10,18-19,25-26H,4,6,9,11-15H2,1H3/t18-,19+/m0/s1. The van der Waals surface area contributed by atoms with Gasteiger partial charge < -0.3 is 24.6 Å². The van der Waals surface area contributed by atoms with Crippen molar-refractivity contribution >= 4 is 5.91 Å². The molecule has 1 amide bonds. The Bertz CT molecular complexity index is 794. The number of para-hydroxylation sites is 1. The highest BCUT2D eigenvalue weighted by atomic mass is 16.5. The minimum atomic E-state index is -0.990. The second-order valence-corrected chi connectivity index (χ2v) is 7.22. The van der Waals surface area contributed by atoms with Gasteiger partial charge in [0.25, 0.3) is 5.91 Å². The van der Waals surface area contributed by atoms with Gasteiger partial charge in [-0.1, -0.05) is 18.2 Å². The van der Waals surface area contributed by atoms with E-state index in [1.807, 2.05) is 24.3 Å². The third-order valence-electron chi connectivity index (χ3n) is 4.97. The second-order valence-electron chi connectivity index (χ2n) is 7.22. The summed E-state index contributed by atoms with van der Waals surface area (Å²) in [5.41, 5.74) is 1.42. The SMILES string of the molecule is Cn1ccc(C(=O)N2CCOc3ccccc3CCCOC[C@@H](O)[C@@H](O)CC2)n1. The number of benzene rings is 1. The molecule has 0 aliphatic carbocycles. The Morgan fingerprint density at radius 2 is 1.97 bits per heavy atom. The minimum absolute atomic E-state index is 0.0630. The van der Waals surface area contributed by atoms with E-state index in [2.05, 4.69) is 5.10 Å². The van der Waals surface area contributed by atoms with Gasteiger partial charge in [0, 0.05) is 26.4 Å². The number of rotatable bonds is 1. The van der Waals surface area contributed by atoms with E-state index >= 15 is 0 Å². The lowest BCUT2D eigenvalue weighted by Crippen LogP contribution is -2.39. The molecule has 1 aromatic heterocycles. The number of aryl methyl sites for hydroxylation is 2. The van der Waals surface area contributed by atoms with Gasteiger partial charge >= 0.3 is 0 Å². The molecule has 29 heavy (non-hydrogen) atoms. The van der Waals surface area contributed by atoms with Crippen molar-refractivity contribution in [1.82, 2.24) is 14.7 Å². The Kier molecular flexibility index (Phi) is 7.62. The summed E-state index contributed by atoms with van der Waals surface area (Å²) in [5, 5.41) is 24.5. The summed E-state index contributed by atoms with van der Waals surface area (Å²) >= 11 is 0. The van der Waals surface area contributed by atoms with Crippen LogP contribution in [0, 0.1) is 0 Å². The first kappa shape index (κ1) is 21.3. The molecule has 0 saturated carbocycles. The van der Waals surface area contributed by atoms with Crippen LogP contribution in [0.25, 0.3) is 0 Å². The molecule has 0 radical (unpaired) electrons. The number of aromatic nitrogens is 2. The predicted octanol–water partition coefficient (Wildman–Crippen LogP) is 1.02. The van der Waals surface area contributed by atoms with Crippen molar-refractivity contribution in [3.63, 3.8) is 0 Å². The summed E-state index contributed by atoms with van der Waals surface area (Å²) in [4.78, 5) is 14.5. The minimum Gasteiger partial charge on any atom is -0.491 e. The smallest absolute Gasteiger partial charge is 0.274 e. The van der Waals surface area contributed by atoms with Crippen LogP contribution >= 0.6 is 0 Å². The van der Waals surface area contributed by atoms with Crippen molar-refractivity contribution in [2.45, 2.75) is 31.5 Å². The zero-order valence-corrected chi connectivity index (χ0v) is 16.7. The predicted molar refractivity (Wildman–Crippen MR) is 107 cm³/mol. The first-order chi connectivity index (χ1) is 14.0. The van der Waals surface area contributed by atoms with Crippen molar-refractivity contribution in [3.8, 4) is 5.75 Å². The molecule has 8 nitrogen and oxygen atoms in total. The molecule has 2 heterocycles. The Balaban J connectivity index is 1.74. The highest BCUT2D eigenvalue weighted by Crippen LogP contribution is 2.20. The van der Waals surface area contributed by atoms with Crippen molar-refractivity contribution in [1.29, 1.82) is 0 Å². The van der Waals surface area contributed by atoms with Crippen LogP contribution < -0.4 is 4.74 Å². The number of ether oxygens (including phenoxy) is 2. The number of aliphatic hydroxyl groups is 2. The normalized spacial score (nSPS) is 22.1. The number of hydrogen-bond donors (Lipinski definition) is 2. The van der Waals surface area contributed by atoms with E-state index in [1.54, 1.807) is 28.9 Å². The quantitative estimate of drug-likeness (QED) is 0.738. The number of carbonyl (C=O) groups excluding carboxylic acids is 1. The third-order valence-corrected chi connectivity index (χ3v) is 4.97. The van der Waals surface area contributed by atoms with Crippen molar-refractivity contribution in [2.75, 3.05) is 32.9 Å². The summed E-state index contributed by atoms with van der Waals surface area (Å²) in [6, 6.07) is 9.49. The van der Waals surface area contributed by atoms with Gasteiger partial charge in [-0.3, -0.25) is 9.48 Å². The van der Waals surface area contributed by atoms with Crippen molar-refractivity contribution < 1.29 is 24.5 Å². The molecular formula is C21H29N3O5. The molecule has 1 aliphatic heterocycles. The lowest BCUT2D eigenvalue weighted by Gasteiger charge is -2.25. The third kappa shape index (κ3) is 6.03. The molecule has 2 aromatic rings. The molecule has 0 unspecified atom stereocenters. The number of amides is 1. The first-order valence-electron chi connectivity index (χ1n) is 9.98. The molecule has 0 spiro atoms. The van der Waals surface area contributed by atoms with Gasteiger partial charge in [-0.05, 0) is 37.0 Å². The molecule has 3 rings (SSSR count). The lowest BCUT2D eigenvalue weighted by atomic mass is 10.1. The van der Waals surface area contributed by atoms with Gasteiger partial charge in [-0.25, -0.2) is 0 Å². The van der Waals surface area contributed by atoms with Crippen LogP contribution in [0.5, 0.6) is 5.75 Å². The van der Waals surface area contributed by atoms with Gasteiger partial charge in [0.1, 0.15) is 24.2 Å². The van der Waals surface area contributed by atoms with E-state index in [9.17, 15) is 15.0 Å². The largest absolute Gasteiger partial charge is 0.491 e. The average Bonchev–Trinajstić information content (AvgIpc) is 3.15. The molecular weight excluding hydrogens is 374 g/mol. The maximum atomic E-state index is 12.9. The Morgan fingerprint density at radius 3 is 2.76 bits per heavy atom. The molecule has 0 fully saturated rings. The van der Waals surface area contributed by atoms with Crippen LogP contribution in [0.4, 0.5) is 0 Å². The van der Waals surface area contributed by atoms with E-state index in [1.165, 1.54) is 0 Å². The second kappa shape index (κ2) is 10.4.